The Balaban J connectivity index is 2.46. The van der Waals surface area contributed by atoms with Crippen LogP contribution in [-0.4, -0.2) is 30.2 Å². The fraction of sp³-hybridized carbons (Fsp3) is 0.455. The van der Waals surface area contributed by atoms with Crippen molar-refractivity contribution < 1.29 is 23.8 Å². The number of esters is 1. The van der Waals surface area contributed by atoms with E-state index in [1.165, 1.54) is 6.07 Å². The van der Waals surface area contributed by atoms with Crippen LogP contribution in [0.15, 0.2) is 10.5 Å². The Morgan fingerprint density at radius 3 is 2.76 bits per heavy atom. The van der Waals surface area contributed by atoms with Gasteiger partial charge in [0.05, 0.1) is 13.2 Å². The average molecular weight is 241 g/mol. The lowest BCUT2D eigenvalue weighted by molar-refractivity contribution is -0.142. The number of carboxylic acids is 1. The van der Waals surface area contributed by atoms with Crippen LogP contribution in [0.25, 0.3) is 0 Å². The van der Waals surface area contributed by atoms with Crippen LogP contribution < -0.4 is 5.32 Å². The van der Waals surface area contributed by atoms with E-state index in [1.807, 2.05) is 0 Å². The predicted octanol–water partition coefficient (Wildman–Crippen LogP) is 0.939. The largest absolute Gasteiger partial charge is 0.475 e. The highest BCUT2D eigenvalue weighted by Crippen LogP contribution is 2.14. The van der Waals surface area contributed by atoms with Crippen LogP contribution in [0.1, 0.15) is 28.8 Å². The molecule has 0 aromatic carbocycles. The van der Waals surface area contributed by atoms with Gasteiger partial charge in [-0.2, -0.15) is 0 Å². The summed E-state index contributed by atoms with van der Waals surface area (Å²) < 4.78 is 9.76. The van der Waals surface area contributed by atoms with Crippen molar-refractivity contribution in [3.63, 3.8) is 0 Å². The summed E-state index contributed by atoms with van der Waals surface area (Å²) in [6.07, 6.45) is 0. The maximum absolute atomic E-state index is 11.0. The molecule has 1 heterocycles. The van der Waals surface area contributed by atoms with Gasteiger partial charge < -0.3 is 19.6 Å². The summed E-state index contributed by atoms with van der Waals surface area (Å²) in [7, 11) is 0. The molecule has 0 aliphatic rings. The van der Waals surface area contributed by atoms with Crippen molar-refractivity contribution in [2.75, 3.05) is 13.2 Å². The number of ether oxygens (including phenoxy) is 1. The molecule has 0 saturated carbocycles. The molecule has 0 spiro atoms. The normalized spacial score (nSPS) is 10.2. The van der Waals surface area contributed by atoms with E-state index in [-0.39, 0.29) is 18.3 Å². The Morgan fingerprint density at radius 2 is 2.24 bits per heavy atom. The minimum Gasteiger partial charge on any atom is -0.475 e. The van der Waals surface area contributed by atoms with E-state index in [0.717, 1.165) is 0 Å². The zero-order chi connectivity index (χ0) is 12.8. The third-order valence-corrected chi connectivity index (χ3v) is 2.12. The summed E-state index contributed by atoms with van der Waals surface area (Å²) in [5, 5.41) is 11.6. The Kier molecular flexibility index (Phi) is 4.71. The number of carbonyl (C=O) groups is 2. The molecule has 0 aliphatic heterocycles. The van der Waals surface area contributed by atoms with Gasteiger partial charge in [0.25, 0.3) is 0 Å². The van der Waals surface area contributed by atoms with E-state index >= 15 is 0 Å². The lowest BCUT2D eigenvalue weighted by atomic mass is 10.2. The van der Waals surface area contributed by atoms with Crippen LogP contribution in [0, 0.1) is 6.92 Å². The summed E-state index contributed by atoms with van der Waals surface area (Å²) in [4.78, 5) is 21.7. The maximum Gasteiger partial charge on any atom is 0.371 e. The first kappa shape index (κ1) is 13.2. The minimum atomic E-state index is -1.11. The van der Waals surface area contributed by atoms with E-state index in [0.29, 0.717) is 24.5 Å². The molecule has 0 radical (unpaired) electrons. The molecule has 0 unspecified atom stereocenters. The number of aromatic carboxylic acids is 1. The Morgan fingerprint density at radius 1 is 1.53 bits per heavy atom. The molecule has 2 N–H and O–H groups in total. The average Bonchev–Trinajstić information content (AvgIpc) is 2.61. The topological polar surface area (TPSA) is 88.8 Å². The van der Waals surface area contributed by atoms with Gasteiger partial charge in [0.15, 0.2) is 0 Å². The SMILES string of the molecule is CCOC(=O)CNCc1cc(C(=O)O)oc1C. The third kappa shape index (κ3) is 3.92. The second-order valence-electron chi connectivity index (χ2n) is 3.41. The van der Waals surface area contributed by atoms with E-state index in [1.54, 1.807) is 13.8 Å². The predicted molar refractivity (Wildman–Crippen MR) is 58.7 cm³/mol. The highest BCUT2D eigenvalue weighted by atomic mass is 16.5. The highest BCUT2D eigenvalue weighted by molar-refractivity contribution is 5.84. The fourth-order valence-corrected chi connectivity index (χ4v) is 1.31. The number of aryl methyl sites for hydroxylation is 1. The smallest absolute Gasteiger partial charge is 0.371 e. The van der Waals surface area contributed by atoms with Gasteiger partial charge in [-0.1, -0.05) is 0 Å². The van der Waals surface area contributed by atoms with Gasteiger partial charge in [-0.3, -0.25) is 4.79 Å². The van der Waals surface area contributed by atoms with Crippen molar-refractivity contribution >= 4 is 11.9 Å². The number of rotatable bonds is 6. The van der Waals surface area contributed by atoms with Gasteiger partial charge in [-0.05, 0) is 19.9 Å². The number of hydrogen-bond acceptors (Lipinski definition) is 5. The highest BCUT2D eigenvalue weighted by Gasteiger charge is 2.12. The van der Waals surface area contributed by atoms with Gasteiger partial charge in [0, 0.05) is 12.1 Å². The molecule has 1 aromatic heterocycles. The molecular formula is C11H15NO5. The number of furan rings is 1. The Labute approximate surface area is 98.6 Å². The van der Waals surface area contributed by atoms with E-state index < -0.39 is 5.97 Å². The van der Waals surface area contributed by atoms with Crippen LogP contribution in [0.3, 0.4) is 0 Å². The molecule has 0 atom stereocenters. The minimum absolute atomic E-state index is 0.0842. The lowest BCUT2D eigenvalue weighted by Crippen LogP contribution is -2.24. The summed E-state index contributed by atoms with van der Waals surface area (Å²) in [6.45, 7) is 4.20. The number of carboxylic acid groups (broad SMARTS) is 1. The quantitative estimate of drug-likeness (QED) is 0.720. The molecule has 1 aromatic rings. The van der Waals surface area contributed by atoms with Crippen LogP contribution in [0.4, 0.5) is 0 Å². The molecule has 0 amide bonds. The Bertz CT molecular complexity index is 410. The standard InChI is InChI=1S/C11H15NO5/c1-3-16-10(13)6-12-5-8-4-9(11(14)15)17-7(8)2/h4,12H,3,5-6H2,1-2H3,(H,14,15). The van der Waals surface area contributed by atoms with Crippen molar-refractivity contribution in [2.45, 2.75) is 20.4 Å². The first-order valence-corrected chi connectivity index (χ1v) is 5.23. The van der Waals surface area contributed by atoms with Crippen LogP contribution >= 0.6 is 0 Å². The molecule has 6 nitrogen and oxygen atoms in total. The summed E-state index contributed by atoms with van der Waals surface area (Å²) in [5.41, 5.74) is 0.715. The third-order valence-electron chi connectivity index (χ3n) is 2.12. The molecular weight excluding hydrogens is 226 g/mol. The summed E-state index contributed by atoms with van der Waals surface area (Å²) >= 11 is 0. The van der Waals surface area contributed by atoms with Gasteiger partial charge in [0.2, 0.25) is 5.76 Å². The van der Waals surface area contributed by atoms with Gasteiger partial charge in [0.1, 0.15) is 5.76 Å². The second kappa shape index (κ2) is 6.05. The maximum atomic E-state index is 11.0. The number of nitrogens with one attached hydrogen (secondary N) is 1. The molecule has 0 aliphatic carbocycles. The van der Waals surface area contributed by atoms with Gasteiger partial charge in [-0.25, -0.2) is 4.79 Å². The van der Waals surface area contributed by atoms with Gasteiger partial charge >= 0.3 is 11.9 Å². The molecule has 6 heteroatoms. The monoisotopic (exact) mass is 241 g/mol. The number of carbonyl (C=O) groups excluding carboxylic acids is 1. The zero-order valence-electron chi connectivity index (χ0n) is 9.78. The lowest BCUT2D eigenvalue weighted by Gasteiger charge is -2.03. The molecule has 0 fully saturated rings. The molecule has 0 bridgehead atoms. The molecule has 0 saturated heterocycles. The van der Waals surface area contributed by atoms with Crippen molar-refractivity contribution in [3.8, 4) is 0 Å². The van der Waals surface area contributed by atoms with Crippen molar-refractivity contribution in [1.29, 1.82) is 0 Å². The van der Waals surface area contributed by atoms with Crippen LogP contribution in [0.2, 0.25) is 0 Å². The summed E-state index contributed by atoms with van der Waals surface area (Å²) in [5.74, 6) is -1.02. The summed E-state index contributed by atoms with van der Waals surface area (Å²) in [6, 6.07) is 1.44. The van der Waals surface area contributed by atoms with Crippen LogP contribution in [-0.2, 0) is 16.1 Å². The second-order valence-corrected chi connectivity index (χ2v) is 3.41. The van der Waals surface area contributed by atoms with E-state index in [4.69, 9.17) is 14.3 Å². The van der Waals surface area contributed by atoms with Crippen LogP contribution in [0.5, 0.6) is 0 Å². The molecule has 94 valence electrons. The van der Waals surface area contributed by atoms with Crippen molar-refractivity contribution in [1.82, 2.24) is 5.32 Å². The zero-order valence-corrected chi connectivity index (χ0v) is 9.78. The first-order valence-electron chi connectivity index (χ1n) is 5.23. The van der Waals surface area contributed by atoms with E-state index in [2.05, 4.69) is 5.32 Å². The number of hydrogen-bond donors (Lipinski definition) is 2. The fourth-order valence-electron chi connectivity index (χ4n) is 1.31. The Hall–Kier alpha value is -1.82. The van der Waals surface area contributed by atoms with E-state index in [9.17, 15) is 9.59 Å². The molecule has 17 heavy (non-hydrogen) atoms. The van der Waals surface area contributed by atoms with Crippen molar-refractivity contribution in [2.24, 2.45) is 0 Å². The first-order chi connectivity index (χ1) is 8.04. The van der Waals surface area contributed by atoms with Gasteiger partial charge in [-0.15, -0.1) is 0 Å². The van der Waals surface area contributed by atoms with Crippen molar-refractivity contribution in [3.05, 3.63) is 23.2 Å². The molecule has 1 rings (SSSR count).